The Balaban J connectivity index is 1.07. The zero-order valence-corrected chi connectivity index (χ0v) is 30.0. The van der Waals surface area contributed by atoms with Crippen LogP contribution in [0.2, 0.25) is 5.02 Å². The van der Waals surface area contributed by atoms with Gasteiger partial charge in [0, 0.05) is 48.2 Å². The number of nitrogens with one attached hydrogen (secondary N) is 1. The van der Waals surface area contributed by atoms with E-state index in [2.05, 4.69) is 10.3 Å². The second-order valence-electron chi connectivity index (χ2n) is 13.6. The lowest BCUT2D eigenvalue weighted by Crippen LogP contribution is -2.49. The maximum absolute atomic E-state index is 13.7. The molecule has 13 nitrogen and oxygen atoms in total. The number of aliphatic hydroxyl groups excluding tert-OH is 5. The number of hydrogen-bond acceptors (Lipinski definition) is 11. The summed E-state index contributed by atoms with van der Waals surface area (Å²) >= 11 is 6.57. The van der Waals surface area contributed by atoms with E-state index in [1.54, 1.807) is 24.4 Å². The highest BCUT2D eigenvalue weighted by atomic mass is 35.5. The number of sulfonamides is 1. The molecular formula is C37H44ClN3O10S. The molecular weight excluding hydrogens is 714 g/mol. The number of carbonyl (C=O) groups is 1. The Bertz CT molecular complexity index is 1870. The molecule has 6 rings (SSSR count). The van der Waals surface area contributed by atoms with Gasteiger partial charge in [-0.3, -0.25) is 9.78 Å². The number of rotatable bonds is 17. The first-order chi connectivity index (χ1) is 24.9. The normalized spacial score (nSPS) is 21.1. The van der Waals surface area contributed by atoms with Gasteiger partial charge in [-0.05, 0) is 85.6 Å². The number of carbonyl (C=O) groups excluding carboxylic acids is 1. The predicted molar refractivity (Wildman–Crippen MR) is 191 cm³/mol. The summed E-state index contributed by atoms with van der Waals surface area (Å²) in [7, 11) is -3.90. The van der Waals surface area contributed by atoms with Gasteiger partial charge in [0.05, 0.1) is 35.9 Å². The maximum Gasteiger partial charge on any atom is 0.243 e. The fourth-order valence-corrected chi connectivity index (χ4v) is 7.98. The van der Waals surface area contributed by atoms with E-state index in [-0.39, 0.29) is 36.6 Å². The second kappa shape index (κ2) is 16.3. The van der Waals surface area contributed by atoms with Crippen LogP contribution >= 0.6 is 11.6 Å². The van der Waals surface area contributed by atoms with E-state index in [0.29, 0.717) is 17.0 Å². The molecule has 0 spiro atoms. The minimum absolute atomic E-state index is 0.0805. The predicted octanol–water partition coefficient (Wildman–Crippen LogP) is 2.27. The Hall–Kier alpha value is -3.44. The van der Waals surface area contributed by atoms with Crippen molar-refractivity contribution in [2.75, 3.05) is 26.2 Å². The molecule has 3 aliphatic rings. The Labute approximate surface area is 307 Å². The quantitative estimate of drug-likeness (QED) is 0.111. The highest BCUT2D eigenvalue weighted by Crippen LogP contribution is 2.53. The standard InChI is InChI=1S/C37H44ClN3O10S/c38-30-9-8-26(52(48,49)41-16-12-23(20-41)5-10-34(45)40-19-31(43)35(46)36(47)32(44)21-42)17-24(30)22-50-37(13-14-37)29-18-39-15-11-27(29)28-3-1-2-4-33(28)51-25-6-7-25/h1-5,8-11,15,17-18,23,25,31-32,35-36,42-44,46-47H,6-7,12-14,16,19-22H2,(H,40,45)/b10-5+/t23?,31-,32+,35+,36+/m0/s1. The Morgan fingerprint density at radius 3 is 2.52 bits per heavy atom. The smallest absolute Gasteiger partial charge is 0.243 e. The van der Waals surface area contributed by atoms with Gasteiger partial charge in [0.25, 0.3) is 0 Å². The third-order valence-corrected chi connectivity index (χ3v) is 11.9. The highest BCUT2D eigenvalue weighted by molar-refractivity contribution is 7.89. The Morgan fingerprint density at radius 2 is 1.79 bits per heavy atom. The maximum atomic E-state index is 13.7. The van der Waals surface area contributed by atoms with Crippen LogP contribution in [0.1, 0.15) is 43.2 Å². The molecule has 0 bridgehead atoms. The zero-order valence-electron chi connectivity index (χ0n) is 28.4. The lowest BCUT2D eigenvalue weighted by molar-refractivity contribution is -0.122. The van der Waals surface area contributed by atoms with Crippen LogP contribution < -0.4 is 10.1 Å². The summed E-state index contributed by atoms with van der Waals surface area (Å²) in [6.45, 7) is -0.775. The van der Waals surface area contributed by atoms with Crippen LogP contribution in [0.3, 0.4) is 0 Å². The number of ether oxygens (including phenoxy) is 2. The first-order valence-electron chi connectivity index (χ1n) is 17.3. The third kappa shape index (κ3) is 8.84. The van der Waals surface area contributed by atoms with Crippen LogP contribution in [-0.4, -0.2) is 106 Å². The number of amides is 1. The first kappa shape index (κ1) is 38.3. The fraction of sp³-hybridized carbons (Fsp3) is 0.459. The first-order valence-corrected chi connectivity index (χ1v) is 19.2. The highest BCUT2D eigenvalue weighted by Gasteiger charge is 2.48. The van der Waals surface area contributed by atoms with E-state index in [4.69, 9.17) is 26.2 Å². The molecule has 52 heavy (non-hydrogen) atoms. The second-order valence-corrected chi connectivity index (χ2v) is 15.9. The zero-order chi connectivity index (χ0) is 37.0. The van der Waals surface area contributed by atoms with Crippen LogP contribution in [0, 0.1) is 5.92 Å². The summed E-state index contributed by atoms with van der Waals surface area (Å²) in [5, 5.41) is 50.7. The molecule has 1 aromatic heterocycles. The molecule has 2 aromatic carbocycles. The molecule has 1 amide bonds. The van der Waals surface area contributed by atoms with Gasteiger partial charge in [-0.25, -0.2) is 8.42 Å². The molecule has 3 aromatic rings. The van der Waals surface area contributed by atoms with Crippen LogP contribution in [-0.2, 0) is 31.8 Å². The monoisotopic (exact) mass is 757 g/mol. The van der Waals surface area contributed by atoms with Gasteiger partial charge in [0.1, 0.15) is 24.1 Å². The van der Waals surface area contributed by atoms with Crippen molar-refractivity contribution in [1.29, 1.82) is 0 Å². The Kier molecular flexibility index (Phi) is 12.0. The third-order valence-electron chi connectivity index (χ3n) is 9.69. The van der Waals surface area contributed by atoms with Crippen LogP contribution in [0.5, 0.6) is 5.75 Å². The van der Waals surface area contributed by atoms with Gasteiger partial charge in [0.15, 0.2) is 0 Å². The van der Waals surface area contributed by atoms with Crippen molar-refractivity contribution in [2.24, 2.45) is 5.92 Å². The van der Waals surface area contributed by atoms with Gasteiger partial charge < -0.3 is 40.3 Å². The molecule has 3 fully saturated rings. The summed E-state index contributed by atoms with van der Waals surface area (Å²) in [6.07, 6.45) is 3.86. The molecule has 1 aliphatic heterocycles. The molecule has 1 saturated heterocycles. The van der Waals surface area contributed by atoms with E-state index in [1.165, 1.54) is 16.4 Å². The van der Waals surface area contributed by atoms with Crippen LogP contribution in [0.25, 0.3) is 11.1 Å². The number of benzene rings is 2. The summed E-state index contributed by atoms with van der Waals surface area (Å²) < 4.78 is 41.5. The lowest BCUT2D eigenvalue weighted by Gasteiger charge is -2.25. The molecule has 280 valence electrons. The van der Waals surface area contributed by atoms with E-state index in [9.17, 15) is 33.6 Å². The van der Waals surface area contributed by atoms with Gasteiger partial charge in [-0.1, -0.05) is 35.9 Å². The molecule has 5 atom stereocenters. The van der Waals surface area contributed by atoms with Crippen molar-refractivity contribution in [3.8, 4) is 16.9 Å². The number of halogens is 1. The number of nitrogens with zero attached hydrogens (tertiary/aromatic N) is 2. The van der Waals surface area contributed by atoms with Crippen molar-refractivity contribution < 1.29 is 48.2 Å². The minimum atomic E-state index is -3.90. The molecule has 2 heterocycles. The molecule has 6 N–H and O–H groups in total. The number of pyridine rings is 1. The molecule has 15 heteroatoms. The molecule has 2 saturated carbocycles. The van der Waals surface area contributed by atoms with Crippen molar-refractivity contribution in [3.63, 3.8) is 0 Å². The largest absolute Gasteiger partial charge is 0.490 e. The summed E-state index contributed by atoms with van der Waals surface area (Å²) in [6, 6.07) is 14.5. The van der Waals surface area contributed by atoms with Crippen molar-refractivity contribution in [2.45, 2.75) is 79.7 Å². The van der Waals surface area contributed by atoms with Crippen molar-refractivity contribution >= 4 is 27.5 Å². The van der Waals surface area contributed by atoms with Gasteiger partial charge in [-0.15, -0.1) is 0 Å². The van der Waals surface area contributed by atoms with Crippen molar-refractivity contribution in [1.82, 2.24) is 14.6 Å². The molecule has 2 aliphatic carbocycles. The topological polar surface area (TPSA) is 199 Å². The van der Waals surface area contributed by atoms with E-state index in [1.807, 2.05) is 36.5 Å². The van der Waals surface area contributed by atoms with E-state index in [0.717, 1.165) is 48.1 Å². The van der Waals surface area contributed by atoms with Crippen LogP contribution in [0.4, 0.5) is 0 Å². The van der Waals surface area contributed by atoms with E-state index < -0.39 is 59.1 Å². The SMILES string of the molecule is O=C(/C=C/C1CCN(S(=O)(=O)c2ccc(Cl)c(COC3(c4cnccc4-c4ccccc4OC4CC4)CC3)c2)C1)NC[C@H](O)[C@@H](O)[C@H](O)[C@H](O)CO. The summed E-state index contributed by atoms with van der Waals surface area (Å²) in [5.41, 5.74) is 2.83. The van der Waals surface area contributed by atoms with Crippen LogP contribution in [0.15, 0.2) is 78.0 Å². The van der Waals surface area contributed by atoms with Crippen molar-refractivity contribution in [3.05, 3.63) is 89.2 Å². The summed E-state index contributed by atoms with van der Waals surface area (Å²) in [5.74, 6) is -0.0340. The number of aliphatic hydroxyl groups is 5. The lowest BCUT2D eigenvalue weighted by atomic mass is 9.96. The number of hydrogen-bond donors (Lipinski definition) is 6. The van der Waals surface area contributed by atoms with Gasteiger partial charge in [-0.2, -0.15) is 4.31 Å². The molecule has 0 radical (unpaired) electrons. The molecule has 1 unspecified atom stereocenters. The fourth-order valence-electron chi connectivity index (χ4n) is 6.24. The average Bonchev–Trinajstić information content (AvgIpc) is 4.09. The van der Waals surface area contributed by atoms with Gasteiger partial charge >= 0.3 is 0 Å². The Morgan fingerprint density at radius 1 is 1.04 bits per heavy atom. The average molecular weight is 758 g/mol. The number of aromatic nitrogens is 1. The minimum Gasteiger partial charge on any atom is -0.490 e. The number of para-hydroxylation sites is 1. The van der Waals surface area contributed by atoms with E-state index >= 15 is 0 Å². The summed E-state index contributed by atoms with van der Waals surface area (Å²) in [4.78, 5) is 16.8. The van der Waals surface area contributed by atoms with Gasteiger partial charge in [0.2, 0.25) is 15.9 Å².